The van der Waals surface area contributed by atoms with E-state index < -0.39 is 0 Å². The summed E-state index contributed by atoms with van der Waals surface area (Å²) in [6.07, 6.45) is 4.14. The molecule has 0 fully saturated rings. The summed E-state index contributed by atoms with van der Waals surface area (Å²) in [6.45, 7) is 6.04. The summed E-state index contributed by atoms with van der Waals surface area (Å²) in [5.41, 5.74) is 1.07. The van der Waals surface area contributed by atoms with Crippen LogP contribution < -0.4 is 4.90 Å². The number of halogens is 1. The minimum atomic E-state index is 0.541. The number of nitrogens with zero attached hydrogens (tertiary/aromatic N) is 3. The van der Waals surface area contributed by atoms with Gasteiger partial charge in [0.2, 0.25) is 0 Å². The van der Waals surface area contributed by atoms with E-state index in [2.05, 4.69) is 45.7 Å². The number of rotatable bonds is 5. The van der Waals surface area contributed by atoms with Crippen LogP contribution in [0, 0.1) is 17.2 Å². The second-order valence-corrected chi connectivity index (χ2v) is 5.03. The molecule has 4 heteroatoms. The molecule has 0 N–H and O–H groups in total. The van der Waals surface area contributed by atoms with Crippen LogP contribution in [0.15, 0.2) is 22.9 Å². The molecule has 0 aliphatic rings. The van der Waals surface area contributed by atoms with Crippen LogP contribution in [0.5, 0.6) is 0 Å². The largest absolute Gasteiger partial charge is 0.369 e. The minimum Gasteiger partial charge on any atom is -0.369 e. The first-order chi connectivity index (χ1) is 7.63. The van der Waals surface area contributed by atoms with Gasteiger partial charge in [0.1, 0.15) is 0 Å². The molecule has 3 nitrogen and oxygen atoms in total. The minimum absolute atomic E-state index is 0.541. The third kappa shape index (κ3) is 4.19. The summed E-state index contributed by atoms with van der Waals surface area (Å²) < 4.78 is 0.968. The number of nitriles is 1. The van der Waals surface area contributed by atoms with Gasteiger partial charge in [0.05, 0.1) is 24.4 Å². The van der Waals surface area contributed by atoms with Crippen molar-refractivity contribution >= 4 is 21.6 Å². The molecule has 16 heavy (non-hydrogen) atoms. The highest BCUT2D eigenvalue weighted by molar-refractivity contribution is 9.10. The average Bonchev–Trinajstić information content (AvgIpc) is 2.23. The van der Waals surface area contributed by atoms with E-state index in [4.69, 9.17) is 5.26 Å². The van der Waals surface area contributed by atoms with Gasteiger partial charge >= 0.3 is 0 Å². The molecule has 86 valence electrons. The molecule has 0 saturated carbocycles. The zero-order valence-corrected chi connectivity index (χ0v) is 11.2. The number of hydrogen-bond donors (Lipinski definition) is 0. The van der Waals surface area contributed by atoms with Gasteiger partial charge in [-0.1, -0.05) is 13.8 Å². The fourth-order valence-corrected chi connectivity index (χ4v) is 1.88. The first-order valence-electron chi connectivity index (χ1n) is 5.36. The quantitative estimate of drug-likeness (QED) is 0.832. The zero-order chi connectivity index (χ0) is 12.0. The first-order valence-corrected chi connectivity index (χ1v) is 6.15. The highest BCUT2D eigenvalue weighted by Crippen LogP contribution is 2.19. The molecule has 0 aliphatic carbocycles. The van der Waals surface area contributed by atoms with Crippen LogP contribution in [0.1, 0.15) is 20.3 Å². The lowest BCUT2D eigenvalue weighted by molar-refractivity contribution is 0.611. The van der Waals surface area contributed by atoms with Gasteiger partial charge in [-0.2, -0.15) is 5.26 Å². The molecule has 1 aromatic heterocycles. The Morgan fingerprint density at radius 3 is 2.81 bits per heavy atom. The van der Waals surface area contributed by atoms with E-state index in [1.807, 2.05) is 12.3 Å². The second-order valence-electron chi connectivity index (χ2n) is 4.11. The van der Waals surface area contributed by atoms with Crippen molar-refractivity contribution in [1.29, 1.82) is 5.26 Å². The standard InChI is InChI=1S/C12H16BrN3/c1-10(2)9-16(5-3-4-14)12-6-11(13)7-15-8-12/h6-8,10H,3,5,9H2,1-2H3. The molecule has 0 spiro atoms. The number of hydrogen-bond acceptors (Lipinski definition) is 3. The van der Waals surface area contributed by atoms with Gasteiger partial charge < -0.3 is 4.90 Å². The van der Waals surface area contributed by atoms with Crippen molar-refractivity contribution in [2.24, 2.45) is 5.92 Å². The highest BCUT2D eigenvalue weighted by atomic mass is 79.9. The van der Waals surface area contributed by atoms with Crippen LogP contribution in [0.4, 0.5) is 5.69 Å². The molecule has 1 aromatic rings. The molecule has 1 heterocycles. The zero-order valence-electron chi connectivity index (χ0n) is 9.65. The molecule has 1 rings (SSSR count). The Labute approximate surface area is 105 Å². The summed E-state index contributed by atoms with van der Waals surface area (Å²) >= 11 is 3.41. The molecule has 0 amide bonds. The number of pyridine rings is 1. The third-order valence-electron chi connectivity index (χ3n) is 2.13. The van der Waals surface area contributed by atoms with Gasteiger partial charge in [-0.3, -0.25) is 4.98 Å². The third-order valence-corrected chi connectivity index (χ3v) is 2.57. The van der Waals surface area contributed by atoms with Crippen molar-refractivity contribution in [2.45, 2.75) is 20.3 Å². The summed E-state index contributed by atoms with van der Waals surface area (Å²) in [6, 6.07) is 4.22. The Bertz CT molecular complexity index is 371. The van der Waals surface area contributed by atoms with E-state index in [1.54, 1.807) is 6.20 Å². The Morgan fingerprint density at radius 1 is 1.50 bits per heavy atom. The Kier molecular flexibility index (Phi) is 5.27. The lowest BCUT2D eigenvalue weighted by atomic mass is 10.2. The smallest absolute Gasteiger partial charge is 0.0640 e. The van der Waals surface area contributed by atoms with Crippen molar-refractivity contribution in [1.82, 2.24) is 4.98 Å². The summed E-state index contributed by atoms with van der Waals surface area (Å²) in [5.74, 6) is 0.567. The fourth-order valence-electron chi connectivity index (χ4n) is 1.53. The van der Waals surface area contributed by atoms with Crippen LogP contribution in [-0.4, -0.2) is 18.1 Å². The van der Waals surface area contributed by atoms with Crippen molar-refractivity contribution < 1.29 is 0 Å². The predicted molar refractivity (Wildman–Crippen MR) is 69.2 cm³/mol. The molecule has 0 radical (unpaired) electrons. The van der Waals surface area contributed by atoms with Gasteiger partial charge in [-0.15, -0.1) is 0 Å². The summed E-state index contributed by atoms with van der Waals surface area (Å²) in [4.78, 5) is 6.35. The monoisotopic (exact) mass is 281 g/mol. The van der Waals surface area contributed by atoms with Crippen molar-refractivity contribution in [3.63, 3.8) is 0 Å². The van der Waals surface area contributed by atoms with E-state index in [0.29, 0.717) is 12.3 Å². The van der Waals surface area contributed by atoms with Crippen LogP contribution in [0.2, 0.25) is 0 Å². The van der Waals surface area contributed by atoms with Gasteiger partial charge in [-0.25, -0.2) is 0 Å². The fraction of sp³-hybridized carbons (Fsp3) is 0.500. The van der Waals surface area contributed by atoms with E-state index in [9.17, 15) is 0 Å². The van der Waals surface area contributed by atoms with Gasteiger partial charge in [-0.05, 0) is 27.9 Å². The predicted octanol–water partition coefficient (Wildman–Crippen LogP) is 3.22. The first kappa shape index (κ1) is 13.0. The molecule has 0 aliphatic heterocycles. The molecule has 0 saturated heterocycles. The highest BCUT2D eigenvalue weighted by Gasteiger charge is 2.08. The Morgan fingerprint density at radius 2 is 2.25 bits per heavy atom. The van der Waals surface area contributed by atoms with Crippen LogP contribution in [-0.2, 0) is 0 Å². The topological polar surface area (TPSA) is 39.9 Å². The second kappa shape index (κ2) is 6.49. The summed E-state index contributed by atoms with van der Waals surface area (Å²) in [5, 5.41) is 8.65. The Balaban J connectivity index is 2.79. The maximum Gasteiger partial charge on any atom is 0.0640 e. The molecular formula is C12H16BrN3. The van der Waals surface area contributed by atoms with E-state index in [-0.39, 0.29) is 0 Å². The SMILES string of the molecule is CC(C)CN(CCC#N)c1cncc(Br)c1. The normalized spacial score (nSPS) is 10.2. The average molecular weight is 282 g/mol. The van der Waals surface area contributed by atoms with E-state index >= 15 is 0 Å². The molecule has 0 bridgehead atoms. The molecule has 0 aromatic carbocycles. The van der Waals surface area contributed by atoms with Gasteiger partial charge in [0, 0.05) is 23.8 Å². The lowest BCUT2D eigenvalue weighted by Gasteiger charge is -2.25. The van der Waals surface area contributed by atoms with Gasteiger partial charge in [0.25, 0.3) is 0 Å². The molecule has 0 atom stereocenters. The Hall–Kier alpha value is -1.08. The van der Waals surface area contributed by atoms with Crippen molar-refractivity contribution in [3.05, 3.63) is 22.9 Å². The van der Waals surface area contributed by atoms with E-state index in [1.165, 1.54) is 0 Å². The van der Waals surface area contributed by atoms with Crippen LogP contribution in [0.3, 0.4) is 0 Å². The number of anilines is 1. The van der Waals surface area contributed by atoms with Crippen LogP contribution in [0.25, 0.3) is 0 Å². The number of aromatic nitrogens is 1. The van der Waals surface area contributed by atoms with Crippen molar-refractivity contribution in [2.75, 3.05) is 18.0 Å². The maximum absolute atomic E-state index is 8.65. The van der Waals surface area contributed by atoms with Crippen LogP contribution >= 0.6 is 15.9 Å². The lowest BCUT2D eigenvalue weighted by Crippen LogP contribution is -2.28. The molecule has 0 unspecified atom stereocenters. The van der Waals surface area contributed by atoms with Gasteiger partial charge in [0.15, 0.2) is 0 Å². The van der Waals surface area contributed by atoms with E-state index in [0.717, 1.165) is 23.2 Å². The molecular weight excluding hydrogens is 266 g/mol. The maximum atomic E-state index is 8.65. The van der Waals surface area contributed by atoms with Crippen molar-refractivity contribution in [3.8, 4) is 6.07 Å². The summed E-state index contributed by atoms with van der Waals surface area (Å²) in [7, 11) is 0.